The van der Waals surface area contributed by atoms with Crippen molar-refractivity contribution in [2.24, 2.45) is 5.73 Å². The van der Waals surface area contributed by atoms with Crippen LogP contribution in [0.3, 0.4) is 0 Å². The molecule has 1 rings (SSSR count). The van der Waals surface area contributed by atoms with Gasteiger partial charge in [-0.15, -0.1) is 11.8 Å². The molecule has 110 valence electrons. The van der Waals surface area contributed by atoms with Gasteiger partial charge in [-0.3, -0.25) is 4.79 Å². The summed E-state index contributed by atoms with van der Waals surface area (Å²) >= 11 is 6.75. The monoisotopic (exact) mass is 312 g/mol. The number of nitrogens with two attached hydrogens (primary N) is 1. The van der Waals surface area contributed by atoms with Crippen LogP contribution in [0.1, 0.15) is 18.9 Å². The molecule has 0 atom stereocenters. The van der Waals surface area contributed by atoms with Crippen molar-refractivity contribution in [1.29, 1.82) is 0 Å². The van der Waals surface area contributed by atoms with Crippen LogP contribution in [0.5, 0.6) is 0 Å². The first-order valence-corrected chi connectivity index (χ1v) is 7.98. The van der Waals surface area contributed by atoms with Crippen molar-refractivity contribution in [2.75, 3.05) is 31.4 Å². The summed E-state index contributed by atoms with van der Waals surface area (Å²) in [7, 11) is 1.92. The zero-order chi connectivity index (χ0) is 15.1. The Labute approximate surface area is 129 Å². The van der Waals surface area contributed by atoms with E-state index in [-0.39, 0.29) is 5.97 Å². The maximum atomic E-state index is 11.4. The summed E-state index contributed by atoms with van der Waals surface area (Å²) in [6.45, 7) is 2.77. The van der Waals surface area contributed by atoms with E-state index in [1.54, 1.807) is 18.7 Å². The van der Waals surface area contributed by atoms with Gasteiger partial charge in [-0.1, -0.05) is 18.3 Å². The molecule has 0 aromatic heterocycles. The number of rotatable bonds is 7. The third kappa shape index (κ3) is 4.38. The quantitative estimate of drug-likeness (QED) is 0.474. The van der Waals surface area contributed by atoms with Crippen LogP contribution in [0.25, 0.3) is 0 Å². The highest BCUT2D eigenvalue weighted by Gasteiger charge is 2.14. The number of thiocarbonyl (C=S) groups is 1. The number of benzene rings is 1. The molecule has 0 aliphatic rings. The Kier molecular flexibility index (Phi) is 6.81. The molecular weight excluding hydrogens is 292 g/mol. The van der Waals surface area contributed by atoms with Crippen molar-refractivity contribution in [3.63, 3.8) is 0 Å². The lowest BCUT2D eigenvalue weighted by atomic mass is 10.1. The zero-order valence-corrected chi connectivity index (χ0v) is 13.6. The molecule has 0 aliphatic heterocycles. The van der Waals surface area contributed by atoms with Crippen LogP contribution < -0.4 is 10.6 Å². The Morgan fingerprint density at radius 2 is 2.20 bits per heavy atom. The predicted octanol–water partition coefficient (Wildman–Crippen LogP) is 2.43. The fraction of sp³-hybridized carbons (Fsp3) is 0.429. The molecule has 0 spiro atoms. The normalized spacial score (nSPS) is 10.2. The molecule has 2 N–H and O–H groups in total. The van der Waals surface area contributed by atoms with Crippen LogP contribution in [0, 0.1) is 0 Å². The van der Waals surface area contributed by atoms with Gasteiger partial charge in [0.1, 0.15) is 4.99 Å². The lowest BCUT2D eigenvalue weighted by Gasteiger charge is -2.23. The minimum absolute atomic E-state index is 0.197. The molecule has 0 unspecified atom stereocenters. The van der Waals surface area contributed by atoms with E-state index < -0.39 is 0 Å². The number of carbonyl (C=O) groups excluding carboxylic acids is 1. The summed E-state index contributed by atoms with van der Waals surface area (Å²) < 4.78 is 4.93. The molecule has 0 radical (unpaired) electrons. The van der Waals surface area contributed by atoms with E-state index in [1.165, 1.54) is 0 Å². The molecule has 4 nitrogen and oxygen atoms in total. The van der Waals surface area contributed by atoms with E-state index in [0.717, 1.165) is 16.1 Å². The minimum Gasteiger partial charge on any atom is -0.466 e. The van der Waals surface area contributed by atoms with E-state index >= 15 is 0 Å². The lowest BCUT2D eigenvalue weighted by molar-refractivity contribution is -0.142. The Morgan fingerprint density at radius 3 is 2.75 bits per heavy atom. The molecule has 0 amide bonds. The van der Waals surface area contributed by atoms with Gasteiger partial charge in [-0.25, -0.2) is 0 Å². The number of esters is 1. The average Bonchev–Trinajstić information content (AvgIpc) is 2.43. The number of anilines is 1. The van der Waals surface area contributed by atoms with E-state index in [0.29, 0.717) is 24.6 Å². The molecule has 0 saturated heterocycles. The van der Waals surface area contributed by atoms with Gasteiger partial charge in [-0.2, -0.15) is 0 Å². The molecule has 6 heteroatoms. The van der Waals surface area contributed by atoms with Crippen LogP contribution in [-0.2, 0) is 9.53 Å². The molecule has 0 bridgehead atoms. The zero-order valence-electron chi connectivity index (χ0n) is 12.0. The molecule has 20 heavy (non-hydrogen) atoms. The summed E-state index contributed by atoms with van der Waals surface area (Å²) in [5, 5.41) is 0. The maximum Gasteiger partial charge on any atom is 0.307 e. The molecule has 0 heterocycles. The fourth-order valence-corrected chi connectivity index (χ4v) is 2.78. The van der Waals surface area contributed by atoms with Gasteiger partial charge in [-0.05, 0) is 25.3 Å². The third-order valence-electron chi connectivity index (χ3n) is 2.84. The van der Waals surface area contributed by atoms with Gasteiger partial charge in [0.2, 0.25) is 0 Å². The van der Waals surface area contributed by atoms with Crippen molar-refractivity contribution in [3.8, 4) is 0 Å². The smallest absolute Gasteiger partial charge is 0.307 e. The first-order chi connectivity index (χ1) is 9.51. The Hall–Kier alpha value is -1.27. The van der Waals surface area contributed by atoms with E-state index in [4.69, 9.17) is 22.7 Å². The van der Waals surface area contributed by atoms with Gasteiger partial charge in [0.15, 0.2) is 0 Å². The summed E-state index contributed by atoms with van der Waals surface area (Å²) in [4.78, 5) is 14.8. The maximum absolute atomic E-state index is 11.4. The highest BCUT2D eigenvalue weighted by molar-refractivity contribution is 7.98. The minimum atomic E-state index is -0.197. The van der Waals surface area contributed by atoms with Crippen LogP contribution in [0.2, 0.25) is 0 Å². The molecular formula is C14H20N2O2S2. The third-order valence-corrected chi connectivity index (χ3v) is 3.82. The molecule has 0 aliphatic carbocycles. The van der Waals surface area contributed by atoms with Gasteiger partial charge in [0.05, 0.1) is 13.0 Å². The Bertz CT molecular complexity index is 492. The number of carbonyl (C=O) groups is 1. The molecule has 0 fully saturated rings. The van der Waals surface area contributed by atoms with Gasteiger partial charge in [0, 0.05) is 29.7 Å². The topological polar surface area (TPSA) is 55.6 Å². The number of ether oxygens (including phenoxy) is 1. The molecule has 1 aromatic rings. The van der Waals surface area contributed by atoms with Crippen molar-refractivity contribution < 1.29 is 9.53 Å². The highest BCUT2D eigenvalue weighted by Crippen LogP contribution is 2.29. The highest BCUT2D eigenvalue weighted by atomic mass is 32.2. The second-order valence-corrected chi connectivity index (χ2v) is 5.48. The Morgan fingerprint density at radius 1 is 1.50 bits per heavy atom. The SMILES string of the molecule is CCOC(=O)CCN(C)c1cccc(SC)c1C(N)=S. The summed E-state index contributed by atoms with van der Waals surface area (Å²) in [5.74, 6) is -0.197. The van der Waals surface area contributed by atoms with Gasteiger partial charge in [0.25, 0.3) is 0 Å². The average molecular weight is 312 g/mol. The van der Waals surface area contributed by atoms with E-state index in [9.17, 15) is 4.79 Å². The second-order valence-electron chi connectivity index (χ2n) is 4.20. The Balaban J connectivity index is 2.89. The summed E-state index contributed by atoms with van der Waals surface area (Å²) in [5.41, 5.74) is 7.63. The van der Waals surface area contributed by atoms with Gasteiger partial charge < -0.3 is 15.4 Å². The largest absolute Gasteiger partial charge is 0.466 e. The second kappa shape index (κ2) is 8.11. The van der Waals surface area contributed by atoms with Crippen molar-refractivity contribution in [2.45, 2.75) is 18.2 Å². The lowest BCUT2D eigenvalue weighted by Crippen LogP contribution is -2.25. The van der Waals surface area contributed by atoms with Gasteiger partial charge >= 0.3 is 5.97 Å². The first kappa shape index (κ1) is 16.8. The summed E-state index contributed by atoms with van der Waals surface area (Å²) in [6, 6.07) is 5.91. The van der Waals surface area contributed by atoms with Crippen LogP contribution in [0.4, 0.5) is 5.69 Å². The predicted molar refractivity (Wildman–Crippen MR) is 88.6 cm³/mol. The number of hydrogen-bond donors (Lipinski definition) is 1. The molecule has 1 aromatic carbocycles. The number of nitrogens with zero attached hydrogens (tertiary/aromatic N) is 1. The molecule has 0 saturated carbocycles. The van der Waals surface area contributed by atoms with E-state index in [2.05, 4.69) is 0 Å². The number of hydrogen-bond acceptors (Lipinski definition) is 5. The van der Waals surface area contributed by atoms with E-state index in [1.807, 2.05) is 36.4 Å². The van der Waals surface area contributed by atoms with Crippen LogP contribution >= 0.6 is 24.0 Å². The standard InChI is InChI=1S/C14H20N2O2S2/c1-4-18-12(17)8-9-16(2)10-6-5-7-11(20-3)13(10)14(15)19/h5-7H,4,8-9H2,1-3H3,(H2,15,19). The van der Waals surface area contributed by atoms with Crippen LogP contribution in [-0.4, -0.2) is 37.4 Å². The van der Waals surface area contributed by atoms with Crippen molar-refractivity contribution in [3.05, 3.63) is 23.8 Å². The van der Waals surface area contributed by atoms with Crippen molar-refractivity contribution in [1.82, 2.24) is 0 Å². The van der Waals surface area contributed by atoms with Crippen molar-refractivity contribution >= 4 is 40.6 Å². The van der Waals surface area contributed by atoms with Crippen LogP contribution in [0.15, 0.2) is 23.1 Å². The fourth-order valence-electron chi connectivity index (χ4n) is 1.87. The number of thioether (sulfide) groups is 1. The summed E-state index contributed by atoms with van der Waals surface area (Å²) in [6.07, 6.45) is 2.32. The first-order valence-electron chi connectivity index (χ1n) is 6.34.